The molecule has 5 aromatic rings. The van der Waals surface area contributed by atoms with Crippen LogP contribution in [0, 0.1) is 17.8 Å². The van der Waals surface area contributed by atoms with Gasteiger partial charge in [-0.25, -0.2) is 19.6 Å². The molecule has 3 fully saturated rings. The van der Waals surface area contributed by atoms with Gasteiger partial charge in [-0.15, -0.1) is 0 Å². The van der Waals surface area contributed by atoms with Crippen LogP contribution in [-0.4, -0.2) is 134 Å². The number of hydrogen-bond donors (Lipinski definition) is 5. The van der Waals surface area contributed by atoms with E-state index in [0.29, 0.717) is 57.5 Å². The SMILES string of the molecule is COC(=O)NC(C(=O)N1CCCC1c1ncc(-c2ccc(C#Cc3ccc(-c4cnc(C5CCCN5C(=O)C(NC(=O)N5CCN(CCO)CC5)c5ccccc5)[nH]4)cc3)cc2)[nH]1)C(C)C. The number of benzene rings is 3. The summed E-state index contributed by atoms with van der Waals surface area (Å²) in [5.74, 6) is 7.51. The van der Waals surface area contributed by atoms with Crippen molar-refractivity contribution in [2.45, 2.75) is 63.7 Å². The Bertz CT molecular complexity index is 2520. The number of amides is 5. The van der Waals surface area contributed by atoms with Crippen molar-refractivity contribution in [1.29, 1.82) is 0 Å². The van der Waals surface area contributed by atoms with Crippen LogP contribution < -0.4 is 10.6 Å². The van der Waals surface area contributed by atoms with E-state index >= 15 is 0 Å². The topological polar surface area (TPSA) is 192 Å². The number of methoxy groups -OCH3 is 1. The van der Waals surface area contributed by atoms with Crippen LogP contribution in [0.2, 0.25) is 0 Å². The average molecular weight is 895 g/mol. The summed E-state index contributed by atoms with van der Waals surface area (Å²) < 4.78 is 4.76. The fourth-order valence-electron chi connectivity index (χ4n) is 9.05. The fraction of sp³-hybridized carbons (Fsp3) is 0.400. The molecular weight excluding hydrogens is 837 g/mol. The van der Waals surface area contributed by atoms with Gasteiger partial charge in [-0.3, -0.25) is 14.5 Å². The number of aromatic amines is 2. The molecule has 66 heavy (non-hydrogen) atoms. The molecule has 0 spiro atoms. The number of alkyl carbamates (subject to hydrolysis) is 1. The second-order valence-corrected chi connectivity index (χ2v) is 17.4. The average Bonchev–Trinajstić information content (AvgIpc) is 4.20. The number of H-pyrrole nitrogens is 2. The van der Waals surface area contributed by atoms with Crippen LogP contribution in [0.1, 0.15) is 86.0 Å². The number of aliphatic hydroxyl groups excluding tert-OH is 1. The largest absolute Gasteiger partial charge is 0.453 e. The highest BCUT2D eigenvalue weighted by molar-refractivity contribution is 5.89. The van der Waals surface area contributed by atoms with E-state index in [1.807, 2.05) is 97.6 Å². The number of carbonyl (C=O) groups excluding carboxylic acids is 4. The van der Waals surface area contributed by atoms with Crippen LogP contribution in [0.15, 0.2) is 91.3 Å². The van der Waals surface area contributed by atoms with Gasteiger partial charge in [0.05, 0.1) is 49.6 Å². The minimum absolute atomic E-state index is 0.0809. The maximum Gasteiger partial charge on any atom is 0.407 e. The highest BCUT2D eigenvalue weighted by Gasteiger charge is 2.39. The lowest BCUT2D eigenvalue weighted by Gasteiger charge is -2.36. The summed E-state index contributed by atoms with van der Waals surface area (Å²) >= 11 is 0. The molecule has 16 nitrogen and oxygen atoms in total. The van der Waals surface area contributed by atoms with Gasteiger partial charge >= 0.3 is 12.1 Å². The van der Waals surface area contributed by atoms with Crippen LogP contribution in [0.25, 0.3) is 22.5 Å². The number of nitrogens with one attached hydrogen (secondary N) is 4. The number of aromatic nitrogens is 4. The zero-order chi connectivity index (χ0) is 46.2. The van der Waals surface area contributed by atoms with Crippen molar-refractivity contribution < 1.29 is 29.0 Å². The van der Waals surface area contributed by atoms with Crippen molar-refractivity contribution in [3.05, 3.63) is 120 Å². The molecule has 5 N–H and O–H groups in total. The Balaban J connectivity index is 0.886. The van der Waals surface area contributed by atoms with E-state index in [1.165, 1.54) is 7.11 Å². The Morgan fingerprint density at radius 1 is 0.727 bits per heavy atom. The number of piperazine rings is 1. The second-order valence-electron chi connectivity index (χ2n) is 17.4. The molecule has 5 heterocycles. The van der Waals surface area contributed by atoms with Gasteiger partial charge in [0.15, 0.2) is 0 Å². The minimum atomic E-state index is -0.850. The van der Waals surface area contributed by atoms with E-state index in [9.17, 15) is 24.3 Å². The lowest BCUT2D eigenvalue weighted by molar-refractivity contribution is -0.135. The number of β-amino-alcohol motifs (C(OH)–C–C–N with tert-alkyl or cyclic N) is 1. The summed E-state index contributed by atoms with van der Waals surface area (Å²) in [4.78, 5) is 77.2. The van der Waals surface area contributed by atoms with Crippen molar-refractivity contribution in [3.8, 4) is 34.4 Å². The molecule has 0 saturated carbocycles. The molecule has 16 heteroatoms. The smallest absolute Gasteiger partial charge is 0.407 e. The maximum absolute atomic E-state index is 14.4. The molecule has 0 radical (unpaired) electrons. The summed E-state index contributed by atoms with van der Waals surface area (Å²) in [6.45, 7) is 7.98. The predicted octanol–water partition coefficient (Wildman–Crippen LogP) is 5.64. The van der Waals surface area contributed by atoms with Crippen LogP contribution >= 0.6 is 0 Å². The quantitative estimate of drug-likeness (QED) is 0.0988. The molecule has 0 aliphatic carbocycles. The van der Waals surface area contributed by atoms with Crippen molar-refractivity contribution in [3.63, 3.8) is 0 Å². The van der Waals surface area contributed by atoms with Gasteiger partial charge in [-0.1, -0.05) is 80.3 Å². The second kappa shape index (κ2) is 20.9. The van der Waals surface area contributed by atoms with Crippen molar-refractivity contribution in [2.75, 3.05) is 59.5 Å². The first-order valence-corrected chi connectivity index (χ1v) is 22.8. The van der Waals surface area contributed by atoms with Crippen LogP contribution in [0.4, 0.5) is 9.59 Å². The molecule has 5 amide bonds. The number of nitrogens with zero attached hydrogens (tertiary/aromatic N) is 6. The van der Waals surface area contributed by atoms with Crippen LogP contribution in [0.5, 0.6) is 0 Å². The summed E-state index contributed by atoms with van der Waals surface area (Å²) in [6.07, 6.45) is 6.13. The van der Waals surface area contributed by atoms with Gasteiger partial charge < -0.3 is 45.1 Å². The fourth-order valence-corrected chi connectivity index (χ4v) is 9.05. The molecule has 344 valence electrons. The molecule has 2 aromatic heterocycles. The molecular formula is C50H58N10O6. The number of rotatable bonds is 12. The van der Waals surface area contributed by atoms with Crippen LogP contribution in [0.3, 0.4) is 0 Å². The summed E-state index contributed by atoms with van der Waals surface area (Å²) in [7, 11) is 1.29. The van der Waals surface area contributed by atoms with Gasteiger partial charge in [0.25, 0.3) is 0 Å². The first kappa shape index (κ1) is 45.6. The Morgan fingerprint density at radius 2 is 1.26 bits per heavy atom. The highest BCUT2D eigenvalue weighted by atomic mass is 16.5. The van der Waals surface area contributed by atoms with Gasteiger partial charge in [0.2, 0.25) is 11.8 Å². The summed E-state index contributed by atoms with van der Waals surface area (Å²) in [5, 5.41) is 15.1. The number of imidazole rings is 2. The van der Waals surface area contributed by atoms with E-state index in [1.54, 1.807) is 22.2 Å². The number of ether oxygens (including phenoxy) is 1. The van der Waals surface area contributed by atoms with Crippen molar-refractivity contribution >= 4 is 23.9 Å². The van der Waals surface area contributed by atoms with Crippen molar-refractivity contribution in [2.24, 2.45) is 5.92 Å². The van der Waals surface area contributed by atoms with Crippen molar-refractivity contribution in [1.82, 2.24) is 50.2 Å². The monoisotopic (exact) mass is 894 g/mol. The first-order chi connectivity index (χ1) is 32.1. The third-order valence-electron chi connectivity index (χ3n) is 12.8. The molecule has 3 aromatic carbocycles. The third kappa shape index (κ3) is 10.4. The first-order valence-electron chi connectivity index (χ1n) is 22.8. The molecule has 3 aliphatic heterocycles. The molecule has 0 bridgehead atoms. The molecule has 4 unspecified atom stereocenters. The molecule has 8 rings (SSSR count). The third-order valence-corrected chi connectivity index (χ3v) is 12.8. The highest BCUT2D eigenvalue weighted by Crippen LogP contribution is 2.35. The van der Waals surface area contributed by atoms with Gasteiger partial charge in [-0.05, 0) is 72.6 Å². The van der Waals surface area contributed by atoms with Gasteiger partial charge in [0.1, 0.15) is 23.7 Å². The Hall–Kier alpha value is -6.96. The van der Waals surface area contributed by atoms with Crippen LogP contribution in [-0.2, 0) is 14.3 Å². The zero-order valence-corrected chi connectivity index (χ0v) is 37.7. The maximum atomic E-state index is 14.4. The zero-order valence-electron chi connectivity index (χ0n) is 37.7. The van der Waals surface area contributed by atoms with Gasteiger partial charge in [0, 0.05) is 56.9 Å². The molecule has 4 atom stereocenters. The lowest BCUT2D eigenvalue weighted by Crippen LogP contribution is -2.54. The predicted molar refractivity (Wildman–Crippen MR) is 248 cm³/mol. The minimum Gasteiger partial charge on any atom is -0.453 e. The number of carbonyl (C=O) groups is 4. The molecule has 3 aliphatic rings. The summed E-state index contributed by atoms with van der Waals surface area (Å²) in [6, 6.07) is 22.9. The normalized spacial score (nSPS) is 18.4. The lowest BCUT2D eigenvalue weighted by atomic mass is 10.0. The van der Waals surface area contributed by atoms with E-state index in [4.69, 9.17) is 9.72 Å². The van der Waals surface area contributed by atoms with E-state index in [0.717, 1.165) is 64.9 Å². The Labute approximate surface area is 385 Å². The molecule has 3 saturated heterocycles. The number of hydrogen-bond acceptors (Lipinski definition) is 9. The van der Waals surface area contributed by atoms with Gasteiger partial charge in [-0.2, -0.15) is 0 Å². The Morgan fingerprint density at radius 3 is 1.76 bits per heavy atom. The number of likely N-dealkylation sites (tertiary alicyclic amines) is 2. The number of aliphatic hydroxyl groups is 1. The Kier molecular flexibility index (Phi) is 14.4. The standard InChI is InChI=1S/C50H58N10O6/c1-33(2)43(56-50(65)66-3)47(62)59-23-7-11-41(59)45-51-31-39(53-45)36-19-15-34(16-20-36)13-14-35-17-21-37(22-18-35)40-32-52-46(54-40)42-12-8-24-60(42)48(63)44(38-9-5-4-6-10-38)55-49(64)58-27-25-57(26-28-58)29-30-61/h4-6,9-10,15-22,31-33,41-44,61H,7-8,11-12,23-30H2,1-3H3,(H,51,53)(H,52,54)(H,55,64)(H,56,65). The number of urea groups is 1. The van der Waals surface area contributed by atoms with E-state index in [2.05, 4.69) is 42.3 Å². The summed E-state index contributed by atoms with van der Waals surface area (Å²) in [5.41, 5.74) is 5.98. The van der Waals surface area contributed by atoms with E-state index < -0.39 is 18.2 Å². The van der Waals surface area contributed by atoms with E-state index in [-0.39, 0.29) is 42.5 Å².